The number of fused-ring (bicyclic) bond motifs is 1. The standard InChI is InChI=1S/C16H21N3O2/c1-19(10-12-6-2-3-8-21-12)16(20)14-9-11-5-4-7-13(17)15(11)18-14/h4-5,7,9,12,18H,2-3,6,8,10,17H2,1H3. The lowest BCUT2D eigenvalue weighted by Gasteiger charge is -2.27. The molecule has 0 saturated carbocycles. The number of carbonyl (C=O) groups is 1. The summed E-state index contributed by atoms with van der Waals surface area (Å²) in [6, 6.07) is 7.52. The third kappa shape index (κ3) is 2.88. The van der Waals surface area contributed by atoms with E-state index in [0.29, 0.717) is 17.9 Å². The van der Waals surface area contributed by atoms with Gasteiger partial charge in [-0.1, -0.05) is 12.1 Å². The Labute approximate surface area is 124 Å². The molecule has 1 aliphatic heterocycles. The molecule has 5 heteroatoms. The molecule has 0 bridgehead atoms. The molecule has 2 heterocycles. The number of para-hydroxylation sites is 1. The number of nitrogens with one attached hydrogen (secondary N) is 1. The number of carbonyl (C=O) groups excluding carboxylic acids is 1. The molecule has 0 spiro atoms. The van der Waals surface area contributed by atoms with Crippen LogP contribution in [0.15, 0.2) is 24.3 Å². The maximum absolute atomic E-state index is 12.5. The highest BCUT2D eigenvalue weighted by molar-refractivity contribution is 6.00. The van der Waals surface area contributed by atoms with Gasteiger partial charge in [0.25, 0.3) is 5.91 Å². The van der Waals surface area contributed by atoms with E-state index in [1.807, 2.05) is 31.3 Å². The van der Waals surface area contributed by atoms with Gasteiger partial charge in [-0.15, -0.1) is 0 Å². The zero-order valence-electron chi connectivity index (χ0n) is 12.3. The van der Waals surface area contributed by atoms with Crippen molar-refractivity contribution in [3.63, 3.8) is 0 Å². The zero-order valence-corrected chi connectivity index (χ0v) is 12.3. The minimum Gasteiger partial charge on any atom is -0.397 e. The SMILES string of the molecule is CN(CC1CCCCO1)C(=O)c1cc2cccc(N)c2[nH]1. The highest BCUT2D eigenvalue weighted by Crippen LogP contribution is 2.22. The Morgan fingerprint density at radius 1 is 1.48 bits per heavy atom. The Bertz CT molecular complexity index is 644. The molecular formula is C16H21N3O2. The number of aromatic amines is 1. The van der Waals surface area contributed by atoms with E-state index in [9.17, 15) is 4.79 Å². The zero-order chi connectivity index (χ0) is 14.8. The minimum absolute atomic E-state index is 0.0280. The van der Waals surface area contributed by atoms with E-state index in [2.05, 4.69) is 4.98 Å². The van der Waals surface area contributed by atoms with Gasteiger partial charge in [-0.05, 0) is 31.4 Å². The number of nitrogen functional groups attached to an aromatic ring is 1. The van der Waals surface area contributed by atoms with E-state index in [1.165, 1.54) is 6.42 Å². The Balaban J connectivity index is 1.74. The Morgan fingerprint density at radius 3 is 3.05 bits per heavy atom. The third-order valence-corrected chi connectivity index (χ3v) is 4.02. The first-order chi connectivity index (χ1) is 10.1. The summed E-state index contributed by atoms with van der Waals surface area (Å²) in [6.45, 7) is 1.43. The van der Waals surface area contributed by atoms with Crippen molar-refractivity contribution in [1.82, 2.24) is 9.88 Å². The van der Waals surface area contributed by atoms with Gasteiger partial charge < -0.3 is 20.4 Å². The van der Waals surface area contributed by atoms with Crippen LogP contribution in [0.2, 0.25) is 0 Å². The summed E-state index contributed by atoms with van der Waals surface area (Å²) in [7, 11) is 1.81. The van der Waals surface area contributed by atoms with E-state index in [4.69, 9.17) is 10.5 Å². The van der Waals surface area contributed by atoms with Crippen LogP contribution in [0.5, 0.6) is 0 Å². The van der Waals surface area contributed by atoms with E-state index in [0.717, 1.165) is 30.4 Å². The molecule has 1 saturated heterocycles. The maximum atomic E-state index is 12.5. The van der Waals surface area contributed by atoms with E-state index >= 15 is 0 Å². The van der Waals surface area contributed by atoms with E-state index in [1.54, 1.807) is 4.90 Å². The number of ether oxygens (including phenoxy) is 1. The van der Waals surface area contributed by atoms with Crippen LogP contribution in [0.4, 0.5) is 5.69 Å². The normalized spacial score (nSPS) is 18.8. The third-order valence-electron chi connectivity index (χ3n) is 4.02. The fraction of sp³-hybridized carbons (Fsp3) is 0.438. The molecule has 0 radical (unpaired) electrons. The number of amides is 1. The highest BCUT2D eigenvalue weighted by atomic mass is 16.5. The molecule has 1 fully saturated rings. The number of hydrogen-bond acceptors (Lipinski definition) is 3. The van der Waals surface area contributed by atoms with Gasteiger partial charge in [0.15, 0.2) is 0 Å². The number of rotatable bonds is 3. The number of H-pyrrole nitrogens is 1. The molecule has 2 aromatic rings. The number of likely N-dealkylation sites (N-methyl/N-ethyl adjacent to an activating group) is 1. The summed E-state index contributed by atoms with van der Waals surface area (Å²) in [5.41, 5.74) is 7.97. The predicted octanol–water partition coefficient (Wildman–Crippen LogP) is 2.39. The summed E-state index contributed by atoms with van der Waals surface area (Å²) in [4.78, 5) is 17.3. The summed E-state index contributed by atoms with van der Waals surface area (Å²) in [5, 5.41) is 0.959. The first-order valence-electron chi connectivity index (χ1n) is 7.39. The lowest BCUT2D eigenvalue weighted by molar-refractivity contribution is -0.000272. The van der Waals surface area contributed by atoms with Crippen LogP contribution in [-0.2, 0) is 4.74 Å². The van der Waals surface area contributed by atoms with Crippen LogP contribution in [-0.4, -0.2) is 42.1 Å². The Kier molecular flexibility index (Phi) is 3.84. The van der Waals surface area contributed by atoms with Gasteiger partial charge in [0, 0.05) is 25.6 Å². The lowest BCUT2D eigenvalue weighted by atomic mass is 10.1. The van der Waals surface area contributed by atoms with Crippen LogP contribution >= 0.6 is 0 Å². The van der Waals surface area contributed by atoms with Crippen molar-refractivity contribution in [3.8, 4) is 0 Å². The molecule has 3 N–H and O–H groups in total. The fourth-order valence-electron chi connectivity index (χ4n) is 2.84. The van der Waals surface area contributed by atoms with Gasteiger partial charge in [0.1, 0.15) is 5.69 Å². The summed E-state index contributed by atoms with van der Waals surface area (Å²) >= 11 is 0. The second kappa shape index (κ2) is 5.77. The second-order valence-corrected chi connectivity index (χ2v) is 5.67. The first-order valence-corrected chi connectivity index (χ1v) is 7.39. The molecular weight excluding hydrogens is 266 g/mol. The van der Waals surface area contributed by atoms with Crippen LogP contribution in [0, 0.1) is 0 Å². The summed E-state index contributed by atoms with van der Waals surface area (Å²) in [5.74, 6) is -0.0280. The number of nitrogens with zero attached hydrogens (tertiary/aromatic N) is 1. The number of anilines is 1. The molecule has 0 aliphatic carbocycles. The monoisotopic (exact) mass is 287 g/mol. The van der Waals surface area contributed by atoms with Gasteiger partial charge in [-0.3, -0.25) is 4.79 Å². The van der Waals surface area contributed by atoms with Gasteiger partial charge in [-0.2, -0.15) is 0 Å². The molecule has 3 rings (SSSR count). The van der Waals surface area contributed by atoms with Crippen molar-refractivity contribution in [2.75, 3.05) is 25.9 Å². The van der Waals surface area contributed by atoms with Crippen LogP contribution in [0.1, 0.15) is 29.8 Å². The van der Waals surface area contributed by atoms with Gasteiger partial charge in [-0.25, -0.2) is 0 Å². The number of aromatic nitrogens is 1. The molecule has 112 valence electrons. The average Bonchev–Trinajstić information content (AvgIpc) is 2.93. The van der Waals surface area contributed by atoms with E-state index < -0.39 is 0 Å². The summed E-state index contributed by atoms with van der Waals surface area (Å²) in [6.07, 6.45) is 3.48. The highest BCUT2D eigenvalue weighted by Gasteiger charge is 2.21. The minimum atomic E-state index is -0.0280. The van der Waals surface area contributed by atoms with Crippen molar-refractivity contribution >= 4 is 22.5 Å². The first kappa shape index (κ1) is 13.9. The van der Waals surface area contributed by atoms with Gasteiger partial charge in [0.05, 0.1) is 17.3 Å². The molecule has 1 aliphatic rings. The van der Waals surface area contributed by atoms with Crippen molar-refractivity contribution in [2.45, 2.75) is 25.4 Å². The molecule has 1 aromatic heterocycles. The van der Waals surface area contributed by atoms with Gasteiger partial charge in [0.2, 0.25) is 0 Å². The van der Waals surface area contributed by atoms with Gasteiger partial charge >= 0.3 is 0 Å². The Morgan fingerprint density at radius 2 is 2.33 bits per heavy atom. The second-order valence-electron chi connectivity index (χ2n) is 5.67. The number of benzene rings is 1. The maximum Gasteiger partial charge on any atom is 0.270 e. The topological polar surface area (TPSA) is 71.3 Å². The van der Waals surface area contributed by atoms with Crippen LogP contribution in [0.3, 0.4) is 0 Å². The Hall–Kier alpha value is -2.01. The number of hydrogen-bond donors (Lipinski definition) is 2. The predicted molar refractivity (Wildman–Crippen MR) is 83.3 cm³/mol. The van der Waals surface area contributed by atoms with Crippen molar-refractivity contribution in [1.29, 1.82) is 0 Å². The van der Waals surface area contributed by atoms with Crippen molar-refractivity contribution < 1.29 is 9.53 Å². The molecule has 5 nitrogen and oxygen atoms in total. The average molecular weight is 287 g/mol. The van der Waals surface area contributed by atoms with Crippen molar-refractivity contribution in [3.05, 3.63) is 30.0 Å². The van der Waals surface area contributed by atoms with E-state index in [-0.39, 0.29) is 12.0 Å². The van der Waals surface area contributed by atoms with Crippen molar-refractivity contribution in [2.24, 2.45) is 0 Å². The molecule has 1 amide bonds. The molecule has 21 heavy (non-hydrogen) atoms. The largest absolute Gasteiger partial charge is 0.397 e. The quantitative estimate of drug-likeness (QED) is 0.851. The van der Waals surface area contributed by atoms with Crippen LogP contribution in [0.25, 0.3) is 10.9 Å². The molecule has 1 unspecified atom stereocenters. The smallest absolute Gasteiger partial charge is 0.270 e. The molecule has 1 aromatic carbocycles. The van der Waals surface area contributed by atoms with Crippen LogP contribution < -0.4 is 5.73 Å². The lowest BCUT2D eigenvalue weighted by Crippen LogP contribution is -2.37. The fourth-order valence-corrected chi connectivity index (χ4v) is 2.84. The molecule has 1 atom stereocenters. The summed E-state index contributed by atoms with van der Waals surface area (Å²) < 4.78 is 5.69. The number of nitrogens with two attached hydrogens (primary N) is 1.